The van der Waals surface area contributed by atoms with E-state index in [9.17, 15) is 0 Å². The number of nitrogens with one attached hydrogen (secondary N) is 2. The van der Waals surface area contributed by atoms with Crippen LogP contribution in [0.15, 0.2) is 30.3 Å². The largest absolute Gasteiger partial charge is 0.231 e. The van der Waals surface area contributed by atoms with Gasteiger partial charge < -0.3 is 0 Å². The van der Waals surface area contributed by atoms with Crippen molar-refractivity contribution in [1.82, 2.24) is 0 Å². The van der Waals surface area contributed by atoms with Crippen LogP contribution in [-0.2, 0) is 9.59 Å². The van der Waals surface area contributed by atoms with Crippen LogP contribution in [0.1, 0.15) is 50.1 Å². The molecule has 0 aliphatic carbocycles. The van der Waals surface area contributed by atoms with E-state index in [2.05, 4.69) is 19.1 Å². The molecule has 116 valence electrons. The van der Waals surface area contributed by atoms with Crippen LogP contribution in [0.2, 0.25) is 0 Å². The van der Waals surface area contributed by atoms with Crippen molar-refractivity contribution in [3.05, 3.63) is 35.9 Å². The summed E-state index contributed by atoms with van der Waals surface area (Å²) < 4.78 is 0. The van der Waals surface area contributed by atoms with Crippen LogP contribution in [0.25, 0.3) is 0 Å². The standard InChI is InChI=1S/C7H8.2CHNO.6CH4/c1-7-5-3-2-4-6-7;2*2-1-3;;;;;;/h2-6H,1H3;2*2H;6*1H4. The maximum Gasteiger partial charge on any atom is 0.231 e. The Kier molecular flexibility index (Phi) is 159. The third-order valence-electron chi connectivity index (χ3n) is 0.940. The molecule has 4 heteroatoms. The van der Waals surface area contributed by atoms with Crippen molar-refractivity contribution < 1.29 is 9.59 Å². The number of rotatable bonds is 0. The van der Waals surface area contributed by atoms with Gasteiger partial charge in [0.05, 0.1) is 0 Å². The molecule has 0 aliphatic rings. The first-order valence-corrected chi connectivity index (χ1v) is 3.32. The molecule has 0 saturated heterocycles. The summed E-state index contributed by atoms with van der Waals surface area (Å²) in [7, 11) is 0. The molecule has 0 atom stereocenters. The number of benzene rings is 1. The highest BCUT2D eigenvalue weighted by atomic mass is 16.1. The number of isocyanates is 2. The Labute approximate surface area is 120 Å². The minimum Gasteiger partial charge on any atom is -0.222 e. The number of carbonyl (C=O) groups excluding carboxylic acids is 2. The maximum atomic E-state index is 8.35. The van der Waals surface area contributed by atoms with Crippen molar-refractivity contribution in [2.24, 2.45) is 0 Å². The lowest BCUT2D eigenvalue weighted by molar-refractivity contribution is 0.562. The van der Waals surface area contributed by atoms with Crippen LogP contribution < -0.4 is 0 Å². The van der Waals surface area contributed by atoms with Crippen LogP contribution in [-0.4, -0.2) is 12.2 Å². The molecule has 0 bridgehead atoms. The van der Waals surface area contributed by atoms with Gasteiger partial charge in [-0.3, -0.25) is 0 Å². The Bertz CT molecular complexity index is 261. The molecule has 1 rings (SSSR count). The highest BCUT2D eigenvalue weighted by Gasteiger charge is 1.72. The normalized spacial score (nSPS) is 4.05. The zero-order valence-electron chi connectivity index (χ0n) is 7.20. The summed E-state index contributed by atoms with van der Waals surface area (Å²) in [6.07, 6.45) is 1.50. The van der Waals surface area contributed by atoms with Gasteiger partial charge in [0.1, 0.15) is 0 Å². The smallest absolute Gasteiger partial charge is 0.222 e. The summed E-state index contributed by atoms with van der Waals surface area (Å²) in [6.45, 7) is 2.08. The fourth-order valence-electron chi connectivity index (χ4n) is 0.534. The Hall–Kier alpha value is -2.02. The van der Waals surface area contributed by atoms with Crippen molar-refractivity contribution in [2.45, 2.75) is 51.5 Å². The molecule has 0 unspecified atom stereocenters. The van der Waals surface area contributed by atoms with Crippen molar-refractivity contribution >= 4 is 12.2 Å². The summed E-state index contributed by atoms with van der Waals surface area (Å²) in [6, 6.07) is 10.3. The summed E-state index contributed by atoms with van der Waals surface area (Å²) in [4.78, 5) is 16.7. The minimum atomic E-state index is 0. The highest BCUT2D eigenvalue weighted by Crippen LogP contribution is 1.92. The minimum absolute atomic E-state index is 0. The summed E-state index contributed by atoms with van der Waals surface area (Å²) in [5.74, 6) is 0. The summed E-state index contributed by atoms with van der Waals surface area (Å²) >= 11 is 0. The van der Waals surface area contributed by atoms with E-state index in [1.807, 2.05) is 18.2 Å². The van der Waals surface area contributed by atoms with Gasteiger partial charge in [0.15, 0.2) is 0 Å². The van der Waals surface area contributed by atoms with E-state index >= 15 is 0 Å². The molecule has 0 radical (unpaired) electrons. The quantitative estimate of drug-likeness (QED) is 0.476. The molecule has 19 heavy (non-hydrogen) atoms. The summed E-state index contributed by atoms with van der Waals surface area (Å²) in [5.41, 5.74) is 1.32. The second kappa shape index (κ2) is 56.3. The zero-order chi connectivity index (χ0) is 10.5. The maximum absolute atomic E-state index is 8.35. The van der Waals surface area contributed by atoms with E-state index in [4.69, 9.17) is 20.4 Å². The first-order valence-electron chi connectivity index (χ1n) is 3.32. The molecule has 0 heterocycles. The lowest BCUT2D eigenvalue weighted by atomic mass is 10.2. The molecule has 0 saturated carbocycles. The predicted molar refractivity (Wildman–Crippen MR) is 88.4 cm³/mol. The Morgan fingerprint density at radius 2 is 0.947 bits per heavy atom. The fourth-order valence-corrected chi connectivity index (χ4v) is 0.534. The van der Waals surface area contributed by atoms with Crippen molar-refractivity contribution in [2.75, 3.05) is 0 Å². The molecule has 0 spiro atoms. The van der Waals surface area contributed by atoms with Crippen LogP contribution in [0.3, 0.4) is 0 Å². The number of hydrogen-bond donors (Lipinski definition) is 2. The SMILES string of the molecule is C.C.C.C.C.C.Cc1ccccc1.N=C=O.N=C=O. The van der Waals surface area contributed by atoms with E-state index in [1.165, 1.54) is 5.56 Å². The first kappa shape index (κ1) is 53.8. The van der Waals surface area contributed by atoms with Gasteiger partial charge in [0.25, 0.3) is 0 Å². The van der Waals surface area contributed by atoms with Crippen molar-refractivity contribution in [1.29, 1.82) is 10.8 Å². The predicted octanol–water partition coefficient (Wildman–Crippen LogP) is 5.61. The fraction of sp³-hybridized carbons (Fsp3) is 0.467. The Balaban J connectivity index is -0.0000000153. The molecule has 4 nitrogen and oxygen atoms in total. The van der Waals surface area contributed by atoms with Crippen LogP contribution in [0.4, 0.5) is 0 Å². The molecule has 0 aromatic heterocycles. The molecular formula is C15H34N2O2. The van der Waals surface area contributed by atoms with Crippen LogP contribution in [0.5, 0.6) is 0 Å². The molecule has 1 aromatic rings. The highest BCUT2D eigenvalue weighted by molar-refractivity contribution is 5.26. The van der Waals surface area contributed by atoms with E-state index in [0.717, 1.165) is 12.2 Å². The van der Waals surface area contributed by atoms with Gasteiger partial charge in [-0.1, -0.05) is 80.5 Å². The zero-order valence-corrected chi connectivity index (χ0v) is 7.20. The van der Waals surface area contributed by atoms with E-state index < -0.39 is 0 Å². The Morgan fingerprint density at radius 3 is 1.05 bits per heavy atom. The third kappa shape index (κ3) is 87.3. The van der Waals surface area contributed by atoms with Gasteiger partial charge in [-0.2, -0.15) is 0 Å². The average Bonchev–Trinajstić information content (AvgIpc) is 2.08. The molecule has 0 amide bonds. The molecule has 1 aromatic carbocycles. The average molecular weight is 274 g/mol. The van der Waals surface area contributed by atoms with E-state index in [0.29, 0.717) is 0 Å². The van der Waals surface area contributed by atoms with Gasteiger partial charge in [-0.25, -0.2) is 20.4 Å². The van der Waals surface area contributed by atoms with Gasteiger partial charge in [0, 0.05) is 0 Å². The van der Waals surface area contributed by atoms with Gasteiger partial charge in [-0.15, -0.1) is 0 Å². The molecule has 2 N–H and O–H groups in total. The third-order valence-corrected chi connectivity index (χ3v) is 0.940. The second-order valence-electron chi connectivity index (χ2n) is 1.86. The van der Waals surface area contributed by atoms with Crippen molar-refractivity contribution in [3.63, 3.8) is 0 Å². The molecule has 0 fully saturated rings. The van der Waals surface area contributed by atoms with Crippen LogP contribution in [0, 0.1) is 17.7 Å². The van der Waals surface area contributed by atoms with Gasteiger partial charge in [-0.05, 0) is 6.92 Å². The van der Waals surface area contributed by atoms with Crippen LogP contribution >= 0.6 is 0 Å². The number of aryl methyl sites for hydroxylation is 1. The Morgan fingerprint density at radius 1 is 0.737 bits per heavy atom. The summed E-state index contributed by atoms with van der Waals surface area (Å²) in [5, 5.41) is 10.8. The first-order chi connectivity index (χ1) is 6.22. The van der Waals surface area contributed by atoms with E-state index in [-0.39, 0.29) is 44.6 Å². The molecule has 0 aliphatic heterocycles. The number of hydrogen-bond acceptors (Lipinski definition) is 4. The van der Waals surface area contributed by atoms with Gasteiger partial charge >= 0.3 is 0 Å². The van der Waals surface area contributed by atoms with Crippen molar-refractivity contribution in [3.8, 4) is 0 Å². The lowest BCUT2D eigenvalue weighted by Gasteiger charge is -1.82. The van der Waals surface area contributed by atoms with E-state index in [1.54, 1.807) is 0 Å². The second-order valence-corrected chi connectivity index (χ2v) is 1.86. The monoisotopic (exact) mass is 274 g/mol. The topological polar surface area (TPSA) is 81.8 Å². The molecular weight excluding hydrogens is 240 g/mol. The van der Waals surface area contributed by atoms with Gasteiger partial charge in [0.2, 0.25) is 12.2 Å². The lowest BCUT2D eigenvalue weighted by Crippen LogP contribution is -1.62.